The molecule has 0 radical (unpaired) electrons. The van der Waals surface area contributed by atoms with Gasteiger partial charge in [-0.25, -0.2) is 4.98 Å². The van der Waals surface area contributed by atoms with Crippen molar-refractivity contribution in [3.05, 3.63) is 105 Å². The second-order valence-electron chi connectivity index (χ2n) is 6.77. The molecule has 0 bridgehead atoms. The van der Waals surface area contributed by atoms with E-state index < -0.39 is 0 Å². The molecule has 0 fully saturated rings. The van der Waals surface area contributed by atoms with E-state index in [0.29, 0.717) is 28.3 Å². The van der Waals surface area contributed by atoms with Gasteiger partial charge in [0.1, 0.15) is 18.0 Å². The van der Waals surface area contributed by atoms with Crippen molar-refractivity contribution in [2.45, 2.75) is 13.5 Å². The number of hydrogen-bond acceptors (Lipinski definition) is 4. The number of pyridine rings is 1. The number of aromatic nitrogens is 2. The fourth-order valence-electron chi connectivity index (χ4n) is 3.00. The predicted octanol–water partition coefficient (Wildman–Crippen LogP) is 4.60. The lowest BCUT2D eigenvalue weighted by Crippen LogP contribution is -2.17. The molecule has 1 N–H and O–H groups in total. The van der Waals surface area contributed by atoms with Crippen LogP contribution in [0.25, 0.3) is 5.65 Å². The molecule has 0 aliphatic carbocycles. The molecule has 30 heavy (non-hydrogen) atoms. The Morgan fingerprint density at radius 2 is 1.93 bits per heavy atom. The first-order valence-electron chi connectivity index (χ1n) is 9.27. The Labute approximate surface area is 181 Å². The van der Waals surface area contributed by atoms with Crippen LogP contribution in [0.2, 0.25) is 0 Å². The molecule has 2 heterocycles. The highest BCUT2D eigenvalue weighted by molar-refractivity contribution is 9.10. The van der Waals surface area contributed by atoms with Gasteiger partial charge < -0.3 is 10.1 Å². The summed E-state index contributed by atoms with van der Waals surface area (Å²) in [5.74, 6) is 0.247. The Bertz CT molecular complexity index is 1300. The second-order valence-corrected chi connectivity index (χ2v) is 7.69. The number of nitrogens with one attached hydrogen (secondary N) is 1. The molecule has 4 aromatic rings. The summed E-state index contributed by atoms with van der Waals surface area (Å²) in [6.07, 6.45) is 1.75. The van der Waals surface area contributed by atoms with Crippen molar-refractivity contribution in [1.82, 2.24) is 9.38 Å². The lowest BCUT2D eigenvalue weighted by Gasteiger charge is -2.13. The first-order chi connectivity index (χ1) is 14.5. The summed E-state index contributed by atoms with van der Waals surface area (Å²) in [7, 11) is 0. The van der Waals surface area contributed by atoms with Crippen molar-refractivity contribution >= 4 is 33.2 Å². The smallest absolute Gasteiger partial charge is 0.258 e. The lowest BCUT2D eigenvalue weighted by atomic mass is 10.2. The van der Waals surface area contributed by atoms with Crippen LogP contribution in [-0.4, -0.2) is 15.3 Å². The molecule has 150 valence electrons. The average Bonchev–Trinajstić information content (AvgIpc) is 2.73. The number of benzene rings is 2. The van der Waals surface area contributed by atoms with Crippen molar-refractivity contribution in [2.75, 3.05) is 5.32 Å². The maximum atomic E-state index is 12.6. The first kappa shape index (κ1) is 19.8. The largest absolute Gasteiger partial charge is 0.485 e. The monoisotopic (exact) mass is 463 g/mol. The molecule has 0 spiro atoms. The van der Waals surface area contributed by atoms with E-state index in [-0.39, 0.29) is 18.1 Å². The van der Waals surface area contributed by atoms with Crippen molar-refractivity contribution < 1.29 is 9.53 Å². The Hall–Kier alpha value is -3.45. The van der Waals surface area contributed by atoms with Gasteiger partial charge in [0.2, 0.25) is 0 Å². The number of amides is 1. The zero-order chi connectivity index (χ0) is 21.1. The van der Waals surface area contributed by atoms with Crippen LogP contribution in [0, 0.1) is 6.92 Å². The van der Waals surface area contributed by atoms with Crippen LogP contribution in [-0.2, 0) is 6.61 Å². The topological polar surface area (TPSA) is 72.7 Å². The quantitative estimate of drug-likeness (QED) is 0.469. The molecule has 4 rings (SSSR count). The number of anilines is 1. The van der Waals surface area contributed by atoms with Gasteiger partial charge in [0, 0.05) is 22.3 Å². The molecular formula is C23H18BrN3O3. The third kappa shape index (κ3) is 4.41. The van der Waals surface area contributed by atoms with Crippen LogP contribution in [0.4, 0.5) is 5.69 Å². The predicted molar refractivity (Wildman–Crippen MR) is 119 cm³/mol. The summed E-state index contributed by atoms with van der Waals surface area (Å²) in [5.41, 5.74) is 2.94. The molecule has 1 amide bonds. The van der Waals surface area contributed by atoms with Gasteiger partial charge in [-0.05, 0) is 48.9 Å². The van der Waals surface area contributed by atoms with Gasteiger partial charge in [-0.1, -0.05) is 40.2 Å². The molecule has 2 aromatic heterocycles. The van der Waals surface area contributed by atoms with Gasteiger partial charge in [-0.3, -0.25) is 14.0 Å². The number of aryl methyl sites for hydroxylation is 1. The Kier molecular flexibility index (Phi) is 5.63. The van der Waals surface area contributed by atoms with E-state index in [1.807, 2.05) is 31.2 Å². The van der Waals surface area contributed by atoms with Gasteiger partial charge >= 0.3 is 0 Å². The summed E-state index contributed by atoms with van der Waals surface area (Å²) in [4.78, 5) is 29.4. The maximum Gasteiger partial charge on any atom is 0.258 e. The van der Waals surface area contributed by atoms with Crippen molar-refractivity contribution in [3.63, 3.8) is 0 Å². The van der Waals surface area contributed by atoms with E-state index in [1.54, 1.807) is 42.6 Å². The number of fused-ring (bicyclic) bond motifs is 1. The minimum absolute atomic E-state index is 0.101. The van der Waals surface area contributed by atoms with Crippen LogP contribution in [0.1, 0.15) is 21.6 Å². The van der Waals surface area contributed by atoms with E-state index in [2.05, 4.69) is 26.2 Å². The minimum atomic E-state index is -0.246. The Morgan fingerprint density at radius 1 is 1.10 bits per heavy atom. The average molecular weight is 464 g/mol. The molecule has 0 aliphatic rings. The number of para-hydroxylation sites is 2. The third-order valence-corrected chi connectivity index (χ3v) is 4.95. The van der Waals surface area contributed by atoms with E-state index in [1.165, 1.54) is 10.5 Å². The second kappa shape index (κ2) is 8.51. The van der Waals surface area contributed by atoms with Crippen LogP contribution < -0.4 is 15.6 Å². The van der Waals surface area contributed by atoms with E-state index in [0.717, 1.165) is 10.0 Å². The highest BCUT2D eigenvalue weighted by Crippen LogP contribution is 2.25. The number of carbonyl (C=O) groups is 1. The highest BCUT2D eigenvalue weighted by atomic mass is 79.9. The minimum Gasteiger partial charge on any atom is -0.485 e. The molecule has 7 heteroatoms. The number of hydrogen-bond donors (Lipinski definition) is 1. The SMILES string of the molecule is Cc1ccc2nc(COc3ccccc3NC(=O)c3cccc(Br)c3)cc(=O)n2c1. The van der Waals surface area contributed by atoms with E-state index in [9.17, 15) is 9.59 Å². The number of rotatable bonds is 5. The molecule has 0 unspecified atom stereocenters. The molecule has 2 aromatic carbocycles. The summed E-state index contributed by atoms with van der Waals surface area (Å²) in [6.45, 7) is 2.02. The van der Waals surface area contributed by atoms with Gasteiger partial charge in [0.25, 0.3) is 11.5 Å². The summed E-state index contributed by atoms with van der Waals surface area (Å²) >= 11 is 3.37. The Balaban J connectivity index is 1.53. The molecular weight excluding hydrogens is 446 g/mol. The van der Waals surface area contributed by atoms with Gasteiger partial charge in [0.15, 0.2) is 0 Å². The van der Waals surface area contributed by atoms with Crippen molar-refractivity contribution in [2.24, 2.45) is 0 Å². The van der Waals surface area contributed by atoms with Crippen molar-refractivity contribution in [3.8, 4) is 5.75 Å². The van der Waals surface area contributed by atoms with Gasteiger partial charge in [0.05, 0.1) is 11.4 Å². The van der Waals surface area contributed by atoms with Crippen LogP contribution >= 0.6 is 15.9 Å². The summed E-state index contributed by atoms with van der Waals surface area (Å²) in [5, 5.41) is 2.87. The first-order valence-corrected chi connectivity index (χ1v) is 10.1. The summed E-state index contributed by atoms with van der Waals surface area (Å²) in [6, 6.07) is 19.4. The van der Waals surface area contributed by atoms with E-state index >= 15 is 0 Å². The van der Waals surface area contributed by atoms with Crippen molar-refractivity contribution in [1.29, 1.82) is 0 Å². The number of ether oxygens (including phenoxy) is 1. The zero-order valence-corrected chi connectivity index (χ0v) is 17.7. The lowest BCUT2D eigenvalue weighted by molar-refractivity contribution is 0.102. The maximum absolute atomic E-state index is 12.6. The van der Waals surface area contributed by atoms with E-state index in [4.69, 9.17) is 4.74 Å². The van der Waals surface area contributed by atoms with Gasteiger partial charge in [-0.15, -0.1) is 0 Å². The number of halogens is 1. The third-order valence-electron chi connectivity index (χ3n) is 4.46. The normalized spacial score (nSPS) is 10.7. The molecule has 0 aliphatic heterocycles. The molecule has 0 saturated carbocycles. The number of nitrogens with zero attached hydrogens (tertiary/aromatic N) is 2. The van der Waals surface area contributed by atoms with Gasteiger partial charge in [-0.2, -0.15) is 0 Å². The molecule has 0 atom stereocenters. The highest BCUT2D eigenvalue weighted by Gasteiger charge is 2.11. The zero-order valence-electron chi connectivity index (χ0n) is 16.1. The molecule has 6 nitrogen and oxygen atoms in total. The standard InChI is InChI=1S/C23H18BrN3O3/c1-15-9-10-21-25-18(12-22(28)27(21)13-15)14-30-20-8-3-2-7-19(20)26-23(29)16-5-4-6-17(24)11-16/h2-13H,14H2,1H3,(H,26,29). The van der Waals surface area contributed by atoms with Crippen LogP contribution in [0.5, 0.6) is 5.75 Å². The molecule has 0 saturated heterocycles. The number of carbonyl (C=O) groups excluding carboxylic acids is 1. The van der Waals surface area contributed by atoms with Crippen LogP contribution in [0.3, 0.4) is 0 Å². The summed E-state index contributed by atoms with van der Waals surface area (Å²) < 4.78 is 8.20. The van der Waals surface area contributed by atoms with Crippen LogP contribution in [0.15, 0.2) is 82.2 Å². The fraction of sp³-hybridized carbons (Fsp3) is 0.0870. The fourth-order valence-corrected chi connectivity index (χ4v) is 3.40. The Morgan fingerprint density at radius 3 is 2.77 bits per heavy atom.